The molecule has 37 heavy (non-hydrogen) atoms. The van der Waals surface area contributed by atoms with Crippen molar-refractivity contribution in [3.05, 3.63) is 81.8 Å². The van der Waals surface area contributed by atoms with Gasteiger partial charge in [-0.15, -0.1) is 10.2 Å². The minimum Gasteiger partial charge on any atom is -0.505 e. The Hall–Kier alpha value is -3.70. The molecule has 3 N–H and O–H groups in total. The average molecular weight is 560 g/mol. The molecule has 0 saturated heterocycles. The number of nitrogens with one attached hydrogen (secondary N) is 1. The third kappa shape index (κ3) is 5.37. The Labute approximate surface area is 222 Å². The highest BCUT2D eigenvalue weighted by Crippen LogP contribution is 2.41. The molecule has 190 valence electrons. The monoisotopic (exact) mass is 559 g/mol. The van der Waals surface area contributed by atoms with Crippen molar-refractivity contribution in [3.63, 3.8) is 0 Å². The average Bonchev–Trinajstić information content (AvgIpc) is 2.84. The Balaban J connectivity index is 1.85. The van der Waals surface area contributed by atoms with Crippen molar-refractivity contribution < 1.29 is 27.6 Å². The van der Waals surface area contributed by atoms with Crippen molar-refractivity contribution in [2.24, 2.45) is 10.2 Å². The zero-order valence-corrected chi connectivity index (χ0v) is 21.7. The van der Waals surface area contributed by atoms with Gasteiger partial charge in [0.2, 0.25) is 0 Å². The van der Waals surface area contributed by atoms with E-state index in [1.165, 1.54) is 19.2 Å². The van der Waals surface area contributed by atoms with Gasteiger partial charge >= 0.3 is 0 Å². The molecule has 0 aromatic heterocycles. The summed E-state index contributed by atoms with van der Waals surface area (Å²) in [5.41, 5.74) is 0.351. The molecule has 0 spiro atoms. The van der Waals surface area contributed by atoms with Gasteiger partial charge in [-0.2, -0.15) is 8.42 Å². The molecule has 4 aromatic carbocycles. The van der Waals surface area contributed by atoms with E-state index in [9.17, 15) is 22.9 Å². The zero-order valence-electron chi connectivity index (χ0n) is 19.4. The number of para-hydroxylation sites is 1. The molecule has 0 unspecified atom stereocenters. The first-order chi connectivity index (χ1) is 17.5. The van der Waals surface area contributed by atoms with E-state index >= 15 is 0 Å². The summed E-state index contributed by atoms with van der Waals surface area (Å²) >= 11 is 12.2. The van der Waals surface area contributed by atoms with Gasteiger partial charge in [-0.1, -0.05) is 53.5 Å². The van der Waals surface area contributed by atoms with Crippen LogP contribution in [-0.4, -0.2) is 31.1 Å². The van der Waals surface area contributed by atoms with E-state index in [-0.39, 0.29) is 38.4 Å². The second-order valence-electron chi connectivity index (χ2n) is 7.86. The summed E-state index contributed by atoms with van der Waals surface area (Å²) in [6.45, 7) is 1.62. The molecule has 4 aromatic rings. The predicted molar refractivity (Wildman–Crippen MR) is 142 cm³/mol. The van der Waals surface area contributed by atoms with Gasteiger partial charge in [0.05, 0.1) is 23.4 Å². The van der Waals surface area contributed by atoms with Gasteiger partial charge in [-0.25, -0.2) is 0 Å². The summed E-state index contributed by atoms with van der Waals surface area (Å²) in [6.07, 6.45) is 0. The van der Waals surface area contributed by atoms with Crippen molar-refractivity contribution in [2.75, 3.05) is 12.4 Å². The molecule has 0 aliphatic carbocycles. The third-order valence-electron chi connectivity index (χ3n) is 5.43. The van der Waals surface area contributed by atoms with Crippen molar-refractivity contribution in [1.82, 2.24) is 0 Å². The Morgan fingerprint density at radius 1 is 1.00 bits per heavy atom. The molecule has 0 atom stereocenters. The Kier molecular flexibility index (Phi) is 7.37. The second-order valence-corrected chi connectivity index (χ2v) is 10.1. The fourth-order valence-electron chi connectivity index (χ4n) is 3.63. The minimum atomic E-state index is -4.68. The van der Waals surface area contributed by atoms with Crippen LogP contribution in [0.1, 0.15) is 15.9 Å². The second kappa shape index (κ2) is 10.3. The van der Waals surface area contributed by atoms with E-state index in [0.29, 0.717) is 16.3 Å². The number of hydrogen-bond acceptors (Lipinski definition) is 7. The van der Waals surface area contributed by atoms with Crippen LogP contribution >= 0.6 is 23.2 Å². The van der Waals surface area contributed by atoms with Gasteiger partial charge in [0, 0.05) is 10.4 Å². The van der Waals surface area contributed by atoms with Crippen molar-refractivity contribution in [3.8, 4) is 11.5 Å². The summed E-state index contributed by atoms with van der Waals surface area (Å²) in [6, 6.07) is 15.5. The summed E-state index contributed by atoms with van der Waals surface area (Å²) in [5, 5.41) is 23.2. The molecule has 12 heteroatoms. The van der Waals surface area contributed by atoms with Crippen molar-refractivity contribution in [1.29, 1.82) is 0 Å². The van der Waals surface area contributed by atoms with Gasteiger partial charge in [0.15, 0.2) is 11.5 Å². The van der Waals surface area contributed by atoms with Gasteiger partial charge in [0.25, 0.3) is 16.0 Å². The van der Waals surface area contributed by atoms with Gasteiger partial charge < -0.3 is 15.2 Å². The lowest BCUT2D eigenvalue weighted by Gasteiger charge is -2.14. The molecule has 0 bridgehead atoms. The highest BCUT2D eigenvalue weighted by Gasteiger charge is 2.21. The van der Waals surface area contributed by atoms with Crippen LogP contribution in [0.5, 0.6) is 11.5 Å². The number of carbonyl (C=O) groups is 1. The van der Waals surface area contributed by atoms with Crippen LogP contribution in [0.4, 0.5) is 17.1 Å². The van der Waals surface area contributed by atoms with Crippen LogP contribution < -0.4 is 10.1 Å². The molecule has 0 aliphatic heterocycles. The summed E-state index contributed by atoms with van der Waals surface area (Å²) in [5.74, 6) is -0.935. The number of phenolic OH excluding ortho intramolecular Hbond substituents is 1. The maximum absolute atomic E-state index is 13.2. The first-order valence-corrected chi connectivity index (χ1v) is 12.8. The van der Waals surface area contributed by atoms with Crippen LogP contribution in [0.2, 0.25) is 10.0 Å². The minimum absolute atomic E-state index is 0.0878. The lowest BCUT2D eigenvalue weighted by Crippen LogP contribution is -2.13. The topological polar surface area (TPSA) is 138 Å². The van der Waals surface area contributed by atoms with E-state index in [0.717, 1.165) is 6.07 Å². The fraction of sp³-hybridized carbons (Fsp3) is 0.0800. The number of aryl methyl sites for hydroxylation is 1. The molecule has 4 rings (SSSR count). The molecular weight excluding hydrogens is 541 g/mol. The number of azo groups is 1. The van der Waals surface area contributed by atoms with Crippen LogP contribution in [0, 0.1) is 6.92 Å². The molecule has 0 radical (unpaired) electrons. The number of fused-ring (bicyclic) bond motifs is 1. The molecular formula is C25H19Cl2N3O6S. The number of halogens is 2. The molecule has 0 saturated carbocycles. The zero-order chi connectivity index (χ0) is 26.9. The SMILES string of the molecule is COc1c(Cl)cccc1NC(=O)c1cc2ccccc2c(N=Nc2cc(C)c(Cl)cc2S(=O)(=O)O)c1O. The van der Waals surface area contributed by atoms with E-state index < -0.39 is 26.7 Å². The molecule has 1 amide bonds. The number of ether oxygens (including phenoxy) is 1. The highest BCUT2D eigenvalue weighted by atomic mass is 35.5. The number of hydrogen-bond donors (Lipinski definition) is 3. The number of aromatic hydroxyl groups is 1. The Bertz CT molecular complexity index is 1690. The van der Waals surface area contributed by atoms with E-state index in [1.807, 2.05) is 0 Å². The number of carbonyl (C=O) groups excluding carboxylic acids is 1. The lowest BCUT2D eigenvalue weighted by atomic mass is 10.0. The fourth-order valence-corrected chi connectivity index (χ4v) is 4.74. The number of phenols is 1. The number of nitrogens with zero attached hydrogens (tertiary/aromatic N) is 2. The number of rotatable bonds is 6. The molecule has 0 aliphatic rings. The maximum atomic E-state index is 13.2. The summed E-state index contributed by atoms with van der Waals surface area (Å²) in [4.78, 5) is 12.6. The first kappa shape index (κ1) is 26.4. The lowest BCUT2D eigenvalue weighted by molar-refractivity contribution is 0.102. The van der Waals surface area contributed by atoms with Crippen LogP contribution in [0.15, 0.2) is 75.8 Å². The Morgan fingerprint density at radius 3 is 2.43 bits per heavy atom. The number of methoxy groups -OCH3 is 1. The van der Waals surface area contributed by atoms with E-state index in [4.69, 9.17) is 27.9 Å². The Morgan fingerprint density at radius 2 is 1.73 bits per heavy atom. The molecule has 0 fully saturated rings. The highest BCUT2D eigenvalue weighted by molar-refractivity contribution is 7.86. The van der Waals surface area contributed by atoms with Gasteiger partial charge in [0.1, 0.15) is 16.3 Å². The standard InChI is InChI=1S/C25H19Cl2N3O6S/c1-13-10-20(21(12-18(13)27)37(33,34)35)29-30-22-15-7-4-3-6-14(15)11-16(23(22)31)25(32)28-19-9-5-8-17(26)24(19)36-2/h3-12,31H,1-2H3,(H,28,32)(H,33,34,35). The number of benzene rings is 4. The van der Waals surface area contributed by atoms with Gasteiger partial charge in [-0.05, 0) is 48.2 Å². The predicted octanol–water partition coefficient (Wildman–Crippen LogP) is 7.08. The molecule has 9 nitrogen and oxygen atoms in total. The van der Waals surface area contributed by atoms with E-state index in [2.05, 4.69) is 15.5 Å². The summed E-state index contributed by atoms with van der Waals surface area (Å²) < 4.78 is 38.6. The number of amides is 1. The first-order valence-electron chi connectivity index (χ1n) is 10.6. The smallest absolute Gasteiger partial charge is 0.296 e. The number of anilines is 1. The third-order valence-corrected chi connectivity index (χ3v) is 7.02. The quantitative estimate of drug-likeness (QED) is 0.170. The van der Waals surface area contributed by atoms with Crippen LogP contribution in [0.25, 0.3) is 10.8 Å². The van der Waals surface area contributed by atoms with Gasteiger partial charge in [-0.3, -0.25) is 9.35 Å². The molecule has 0 heterocycles. The normalized spacial score (nSPS) is 11.7. The maximum Gasteiger partial charge on any atom is 0.296 e. The van der Waals surface area contributed by atoms with Crippen LogP contribution in [0.3, 0.4) is 0 Å². The van der Waals surface area contributed by atoms with E-state index in [1.54, 1.807) is 49.4 Å². The largest absolute Gasteiger partial charge is 0.505 e. The van der Waals surface area contributed by atoms with Crippen molar-refractivity contribution >= 4 is 67.1 Å². The van der Waals surface area contributed by atoms with Crippen molar-refractivity contribution in [2.45, 2.75) is 11.8 Å². The summed E-state index contributed by atoms with van der Waals surface area (Å²) in [7, 11) is -3.28. The van der Waals surface area contributed by atoms with Crippen LogP contribution in [-0.2, 0) is 10.1 Å².